The fourth-order valence-corrected chi connectivity index (χ4v) is 2.32. The molecule has 1 rings (SSSR count). The number of likely N-dealkylation sites (N-methyl/N-ethyl adjacent to an activating group) is 1. The minimum atomic E-state index is -0.145. The maximum Gasteiger partial charge on any atom is 0.0597 e. The fourth-order valence-electron chi connectivity index (χ4n) is 2.32. The standard InChI is InChI=1S/C10H22N2O2/c1-12(2)10(9(11)7-13)8-3-5-14-6-4-8/h8-10,13H,3-7,11H2,1-2H3. The van der Waals surface area contributed by atoms with Crippen molar-refractivity contribution in [3.05, 3.63) is 0 Å². The second-order valence-electron chi connectivity index (χ2n) is 4.25. The molecule has 0 radical (unpaired) electrons. The van der Waals surface area contributed by atoms with Gasteiger partial charge in [-0.3, -0.25) is 0 Å². The first-order chi connectivity index (χ1) is 6.66. The molecule has 0 bridgehead atoms. The van der Waals surface area contributed by atoms with E-state index < -0.39 is 0 Å². The zero-order valence-corrected chi connectivity index (χ0v) is 9.15. The Hall–Kier alpha value is -0.160. The normalized spacial score (nSPS) is 23.8. The smallest absolute Gasteiger partial charge is 0.0597 e. The molecule has 1 aliphatic rings. The highest BCUT2D eigenvalue weighted by atomic mass is 16.5. The maximum absolute atomic E-state index is 9.10. The SMILES string of the molecule is CN(C)C(C(N)CO)C1CCOCC1. The highest BCUT2D eigenvalue weighted by Gasteiger charge is 2.29. The molecule has 14 heavy (non-hydrogen) atoms. The molecule has 0 saturated carbocycles. The number of ether oxygens (including phenoxy) is 1. The van der Waals surface area contributed by atoms with Crippen LogP contribution in [0.1, 0.15) is 12.8 Å². The van der Waals surface area contributed by atoms with Crippen LogP contribution < -0.4 is 5.73 Å². The number of rotatable bonds is 4. The van der Waals surface area contributed by atoms with Crippen molar-refractivity contribution in [1.82, 2.24) is 4.90 Å². The quantitative estimate of drug-likeness (QED) is 0.655. The lowest BCUT2D eigenvalue weighted by Gasteiger charge is -2.37. The van der Waals surface area contributed by atoms with Gasteiger partial charge in [0.2, 0.25) is 0 Å². The van der Waals surface area contributed by atoms with E-state index in [1.54, 1.807) is 0 Å². The molecule has 1 aliphatic heterocycles. The predicted octanol–water partition coefficient (Wildman–Crippen LogP) is -0.337. The van der Waals surface area contributed by atoms with Crippen LogP contribution in [0.4, 0.5) is 0 Å². The van der Waals surface area contributed by atoms with Crippen LogP contribution in [0.25, 0.3) is 0 Å². The number of nitrogens with zero attached hydrogens (tertiary/aromatic N) is 1. The van der Waals surface area contributed by atoms with Gasteiger partial charge in [0, 0.05) is 25.3 Å². The number of nitrogens with two attached hydrogens (primary N) is 1. The average molecular weight is 202 g/mol. The lowest BCUT2D eigenvalue weighted by Crippen LogP contribution is -2.52. The Labute approximate surface area is 86.0 Å². The topological polar surface area (TPSA) is 58.7 Å². The van der Waals surface area contributed by atoms with Crippen LogP contribution >= 0.6 is 0 Å². The summed E-state index contributed by atoms with van der Waals surface area (Å²) in [5, 5.41) is 9.10. The Morgan fingerprint density at radius 3 is 2.43 bits per heavy atom. The van der Waals surface area contributed by atoms with Gasteiger partial charge in [0.05, 0.1) is 6.61 Å². The average Bonchev–Trinajstić information content (AvgIpc) is 2.19. The lowest BCUT2D eigenvalue weighted by atomic mass is 9.87. The van der Waals surface area contributed by atoms with Gasteiger partial charge in [-0.2, -0.15) is 0 Å². The first-order valence-corrected chi connectivity index (χ1v) is 5.27. The van der Waals surface area contributed by atoms with Crippen LogP contribution in [0, 0.1) is 5.92 Å². The monoisotopic (exact) mass is 202 g/mol. The molecule has 0 aromatic carbocycles. The van der Waals surface area contributed by atoms with Gasteiger partial charge in [0.25, 0.3) is 0 Å². The predicted molar refractivity (Wildman–Crippen MR) is 56.1 cm³/mol. The number of hydrogen-bond donors (Lipinski definition) is 2. The van der Waals surface area contributed by atoms with E-state index >= 15 is 0 Å². The largest absolute Gasteiger partial charge is 0.395 e. The van der Waals surface area contributed by atoms with Gasteiger partial charge in [-0.15, -0.1) is 0 Å². The van der Waals surface area contributed by atoms with E-state index in [0.29, 0.717) is 5.92 Å². The first-order valence-electron chi connectivity index (χ1n) is 5.27. The van der Waals surface area contributed by atoms with Crippen LogP contribution in [-0.4, -0.2) is 56.0 Å². The van der Waals surface area contributed by atoms with Gasteiger partial charge in [0.1, 0.15) is 0 Å². The summed E-state index contributed by atoms with van der Waals surface area (Å²) in [7, 11) is 4.05. The summed E-state index contributed by atoms with van der Waals surface area (Å²) in [6.07, 6.45) is 2.10. The van der Waals surface area contributed by atoms with E-state index in [9.17, 15) is 0 Å². The minimum absolute atomic E-state index is 0.0558. The molecular formula is C10H22N2O2. The molecule has 0 aliphatic carbocycles. The molecule has 0 spiro atoms. The van der Waals surface area contributed by atoms with Crippen molar-refractivity contribution in [1.29, 1.82) is 0 Å². The van der Waals surface area contributed by atoms with Crippen LogP contribution in [0.3, 0.4) is 0 Å². The van der Waals surface area contributed by atoms with Crippen LogP contribution in [0.2, 0.25) is 0 Å². The third-order valence-corrected chi connectivity index (χ3v) is 2.99. The van der Waals surface area contributed by atoms with E-state index in [1.807, 2.05) is 14.1 Å². The molecule has 0 aromatic rings. The Kier molecular flexibility index (Phi) is 4.81. The third-order valence-electron chi connectivity index (χ3n) is 2.99. The van der Waals surface area contributed by atoms with Crippen LogP contribution in [0.15, 0.2) is 0 Å². The Bertz CT molecular complexity index is 158. The molecule has 84 valence electrons. The van der Waals surface area contributed by atoms with E-state index in [1.165, 1.54) is 0 Å². The van der Waals surface area contributed by atoms with E-state index in [2.05, 4.69) is 4.90 Å². The summed E-state index contributed by atoms with van der Waals surface area (Å²) in [5.74, 6) is 0.556. The molecule has 2 unspecified atom stereocenters. The molecular weight excluding hydrogens is 180 g/mol. The Balaban J connectivity index is 2.56. The summed E-state index contributed by atoms with van der Waals surface area (Å²) in [5.41, 5.74) is 5.92. The highest BCUT2D eigenvalue weighted by molar-refractivity contribution is 4.86. The second kappa shape index (κ2) is 5.66. The molecule has 0 amide bonds. The van der Waals surface area contributed by atoms with Crippen molar-refractivity contribution in [2.24, 2.45) is 11.7 Å². The fraction of sp³-hybridized carbons (Fsp3) is 1.00. The van der Waals surface area contributed by atoms with Gasteiger partial charge < -0.3 is 20.5 Å². The van der Waals surface area contributed by atoms with Gasteiger partial charge >= 0.3 is 0 Å². The third kappa shape index (κ3) is 2.92. The molecule has 2 atom stereocenters. The lowest BCUT2D eigenvalue weighted by molar-refractivity contribution is 0.0245. The summed E-state index contributed by atoms with van der Waals surface area (Å²) < 4.78 is 5.32. The van der Waals surface area contributed by atoms with Gasteiger partial charge in [-0.1, -0.05) is 0 Å². The Morgan fingerprint density at radius 2 is 2.00 bits per heavy atom. The molecule has 1 saturated heterocycles. The van der Waals surface area contributed by atoms with Crippen molar-refractivity contribution >= 4 is 0 Å². The molecule has 4 heteroatoms. The number of hydrogen-bond acceptors (Lipinski definition) is 4. The molecule has 0 aromatic heterocycles. The minimum Gasteiger partial charge on any atom is -0.395 e. The highest BCUT2D eigenvalue weighted by Crippen LogP contribution is 2.23. The zero-order chi connectivity index (χ0) is 10.6. The van der Waals surface area contributed by atoms with Crippen molar-refractivity contribution < 1.29 is 9.84 Å². The van der Waals surface area contributed by atoms with Crippen molar-refractivity contribution in [2.75, 3.05) is 33.9 Å². The van der Waals surface area contributed by atoms with Crippen LogP contribution in [0.5, 0.6) is 0 Å². The van der Waals surface area contributed by atoms with Gasteiger partial charge in [-0.25, -0.2) is 0 Å². The van der Waals surface area contributed by atoms with Crippen molar-refractivity contribution in [2.45, 2.75) is 24.9 Å². The van der Waals surface area contributed by atoms with Gasteiger partial charge in [0.15, 0.2) is 0 Å². The molecule has 3 N–H and O–H groups in total. The summed E-state index contributed by atoms with van der Waals surface area (Å²) in [4.78, 5) is 2.12. The number of aliphatic hydroxyl groups excluding tert-OH is 1. The van der Waals surface area contributed by atoms with E-state index in [-0.39, 0.29) is 18.7 Å². The molecule has 4 nitrogen and oxygen atoms in total. The molecule has 1 heterocycles. The van der Waals surface area contributed by atoms with Crippen LogP contribution in [-0.2, 0) is 4.74 Å². The maximum atomic E-state index is 9.10. The second-order valence-corrected chi connectivity index (χ2v) is 4.25. The Morgan fingerprint density at radius 1 is 1.43 bits per heavy atom. The van der Waals surface area contributed by atoms with E-state index in [0.717, 1.165) is 26.1 Å². The number of aliphatic hydroxyl groups is 1. The van der Waals surface area contributed by atoms with Crippen molar-refractivity contribution in [3.63, 3.8) is 0 Å². The van der Waals surface area contributed by atoms with Crippen molar-refractivity contribution in [3.8, 4) is 0 Å². The summed E-state index contributed by atoms with van der Waals surface area (Å²) >= 11 is 0. The molecule has 1 fully saturated rings. The summed E-state index contributed by atoms with van der Waals surface area (Å²) in [6.45, 7) is 1.71. The van der Waals surface area contributed by atoms with Gasteiger partial charge in [-0.05, 0) is 32.9 Å². The summed E-state index contributed by atoms with van der Waals surface area (Å²) in [6, 6.07) is 0.122. The zero-order valence-electron chi connectivity index (χ0n) is 9.15. The van der Waals surface area contributed by atoms with E-state index in [4.69, 9.17) is 15.6 Å². The first kappa shape index (κ1) is 11.9.